The van der Waals surface area contributed by atoms with Crippen molar-refractivity contribution in [2.24, 2.45) is 5.92 Å². The minimum atomic E-state index is 0.0755. The van der Waals surface area contributed by atoms with Crippen molar-refractivity contribution in [3.8, 4) is 5.75 Å². The van der Waals surface area contributed by atoms with Gasteiger partial charge in [0.1, 0.15) is 5.75 Å². The average Bonchev–Trinajstić information content (AvgIpc) is 2.91. The molecule has 2 saturated heterocycles. The van der Waals surface area contributed by atoms with E-state index in [4.69, 9.17) is 4.74 Å². The third-order valence-electron chi connectivity index (χ3n) is 5.85. The summed E-state index contributed by atoms with van der Waals surface area (Å²) in [7, 11) is 0. The number of rotatable bonds is 2. The predicted octanol–water partition coefficient (Wildman–Crippen LogP) is 2.67. The third kappa shape index (κ3) is 3.98. The number of nitrogens with zero attached hydrogens (tertiary/aromatic N) is 2. The highest BCUT2D eigenvalue weighted by atomic mass is 32.2. The summed E-state index contributed by atoms with van der Waals surface area (Å²) in [5.41, 5.74) is 1.18. The van der Waals surface area contributed by atoms with Crippen LogP contribution in [0.3, 0.4) is 0 Å². The maximum atomic E-state index is 13.1. The summed E-state index contributed by atoms with van der Waals surface area (Å²) in [6.45, 7) is 4.94. The molecular weight excluding hydrogens is 332 g/mol. The maximum absolute atomic E-state index is 13.1. The Kier molecular flexibility index (Phi) is 5.51. The van der Waals surface area contributed by atoms with Gasteiger partial charge in [0.05, 0.1) is 6.61 Å². The van der Waals surface area contributed by atoms with Crippen LogP contribution < -0.4 is 4.74 Å². The number of carbonyl (C=O) groups excluding carboxylic acids is 1. The first-order valence-electron chi connectivity index (χ1n) is 9.62. The number of hydrogen-bond donors (Lipinski definition) is 0. The third-order valence-corrected chi connectivity index (χ3v) is 6.79. The molecule has 0 aliphatic carbocycles. The molecule has 3 aliphatic heterocycles. The van der Waals surface area contributed by atoms with Gasteiger partial charge >= 0.3 is 0 Å². The Morgan fingerprint density at radius 3 is 2.60 bits per heavy atom. The highest BCUT2D eigenvalue weighted by Crippen LogP contribution is 2.29. The molecule has 5 heteroatoms. The number of para-hydroxylation sites is 1. The molecule has 1 aromatic rings. The molecule has 4 rings (SSSR count). The Morgan fingerprint density at radius 2 is 1.80 bits per heavy atom. The van der Waals surface area contributed by atoms with Crippen molar-refractivity contribution in [2.75, 3.05) is 44.3 Å². The molecule has 136 valence electrons. The summed E-state index contributed by atoms with van der Waals surface area (Å²) in [5.74, 6) is 3.90. The lowest BCUT2D eigenvalue weighted by molar-refractivity contribution is -0.137. The summed E-state index contributed by atoms with van der Waals surface area (Å²) < 4.78 is 5.83. The second kappa shape index (κ2) is 8.00. The summed E-state index contributed by atoms with van der Waals surface area (Å²) in [5, 5.41) is 0. The number of ether oxygens (including phenoxy) is 1. The van der Waals surface area contributed by atoms with E-state index < -0.39 is 0 Å². The first kappa shape index (κ1) is 17.2. The van der Waals surface area contributed by atoms with Gasteiger partial charge in [-0.25, -0.2) is 0 Å². The number of piperidine rings is 1. The van der Waals surface area contributed by atoms with Gasteiger partial charge in [0.2, 0.25) is 5.91 Å². The smallest absolute Gasteiger partial charge is 0.226 e. The van der Waals surface area contributed by atoms with Gasteiger partial charge in [-0.1, -0.05) is 18.2 Å². The van der Waals surface area contributed by atoms with Crippen LogP contribution in [0.2, 0.25) is 0 Å². The number of amides is 1. The molecule has 4 nitrogen and oxygen atoms in total. The molecule has 0 unspecified atom stereocenters. The first-order chi connectivity index (χ1) is 12.3. The van der Waals surface area contributed by atoms with Crippen LogP contribution in [-0.2, 0) is 11.2 Å². The molecule has 0 radical (unpaired) electrons. The fourth-order valence-corrected chi connectivity index (χ4v) is 5.29. The Morgan fingerprint density at radius 1 is 1.04 bits per heavy atom. The highest BCUT2D eigenvalue weighted by Gasteiger charge is 2.32. The number of carbonyl (C=O) groups is 1. The molecule has 0 saturated carbocycles. The minimum Gasteiger partial charge on any atom is -0.493 e. The highest BCUT2D eigenvalue weighted by molar-refractivity contribution is 7.99. The van der Waals surface area contributed by atoms with E-state index in [1.165, 1.54) is 30.2 Å². The van der Waals surface area contributed by atoms with E-state index >= 15 is 0 Å². The molecule has 1 aromatic carbocycles. The van der Waals surface area contributed by atoms with Crippen LogP contribution in [0.25, 0.3) is 0 Å². The lowest BCUT2D eigenvalue weighted by Crippen LogP contribution is -2.50. The van der Waals surface area contributed by atoms with E-state index in [2.05, 4.69) is 27.6 Å². The zero-order valence-corrected chi connectivity index (χ0v) is 15.7. The van der Waals surface area contributed by atoms with Crippen molar-refractivity contribution < 1.29 is 9.53 Å². The Labute approximate surface area is 154 Å². The SMILES string of the molecule is O=C([C@H]1CCOc2ccccc2C1)N1CCC(N2CCSCC2)CC1. The van der Waals surface area contributed by atoms with Crippen LogP contribution in [-0.4, -0.2) is 66.0 Å². The van der Waals surface area contributed by atoms with E-state index in [-0.39, 0.29) is 5.92 Å². The maximum Gasteiger partial charge on any atom is 0.226 e. The molecular formula is C20H28N2O2S. The molecule has 3 aliphatic rings. The quantitative estimate of drug-likeness (QED) is 0.812. The Balaban J connectivity index is 1.34. The molecule has 0 aromatic heterocycles. The number of likely N-dealkylation sites (tertiary alicyclic amines) is 1. The lowest BCUT2D eigenvalue weighted by Gasteiger charge is -2.40. The van der Waals surface area contributed by atoms with Gasteiger partial charge in [0.15, 0.2) is 0 Å². The summed E-state index contributed by atoms with van der Waals surface area (Å²) in [4.78, 5) is 17.8. The van der Waals surface area contributed by atoms with E-state index in [0.29, 0.717) is 18.6 Å². The molecule has 2 fully saturated rings. The molecule has 1 atom stereocenters. The van der Waals surface area contributed by atoms with Crippen molar-refractivity contribution in [3.63, 3.8) is 0 Å². The summed E-state index contributed by atoms with van der Waals surface area (Å²) in [6, 6.07) is 8.84. The average molecular weight is 361 g/mol. The molecule has 0 spiro atoms. The summed E-state index contributed by atoms with van der Waals surface area (Å²) in [6.07, 6.45) is 3.92. The molecule has 25 heavy (non-hydrogen) atoms. The van der Waals surface area contributed by atoms with Crippen LogP contribution in [0.4, 0.5) is 0 Å². The predicted molar refractivity (Wildman–Crippen MR) is 102 cm³/mol. The zero-order valence-electron chi connectivity index (χ0n) is 14.9. The minimum absolute atomic E-state index is 0.0755. The lowest BCUT2D eigenvalue weighted by atomic mass is 9.94. The summed E-state index contributed by atoms with van der Waals surface area (Å²) >= 11 is 2.07. The van der Waals surface area contributed by atoms with Gasteiger partial charge in [-0.2, -0.15) is 11.8 Å². The van der Waals surface area contributed by atoms with Crippen LogP contribution >= 0.6 is 11.8 Å². The van der Waals surface area contributed by atoms with Crippen molar-refractivity contribution in [2.45, 2.75) is 31.7 Å². The van der Waals surface area contributed by atoms with Crippen molar-refractivity contribution in [1.82, 2.24) is 9.80 Å². The number of thioether (sulfide) groups is 1. The fourth-order valence-electron chi connectivity index (χ4n) is 4.35. The molecule has 0 bridgehead atoms. The van der Waals surface area contributed by atoms with Gasteiger partial charge < -0.3 is 9.64 Å². The van der Waals surface area contributed by atoms with Crippen LogP contribution in [0.1, 0.15) is 24.8 Å². The Hall–Kier alpha value is -1.20. The molecule has 0 N–H and O–H groups in total. The van der Waals surface area contributed by atoms with Gasteiger partial charge in [-0.15, -0.1) is 0 Å². The van der Waals surface area contributed by atoms with Gasteiger partial charge in [0, 0.05) is 49.6 Å². The van der Waals surface area contributed by atoms with E-state index in [9.17, 15) is 4.79 Å². The zero-order chi connectivity index (χ0) is 17.1. The fraction of sp³-hybridized carbons (Fsp3) is 0.650. The monoisotopic (exact) mass is 360 g/mol. The van der Waals surface area contributed by atoms with Crippen molar-refractivity contribution in [1.29, 1.82) is 0 Å². The number of fused-ring (bicyclic) bond motifs is 1. The number of hydrogen-bond acceptors (Lipinski definition) is 4. The van der Waals surface area contributed by atoms with Gasteiger partial charge in [0.25, 0.3) is 0 Å². The molecule has 3 heterocycles. The van der Waals surface area contributed by atoms with Crippen LogP contribution in [0.15, 0.2) is 24.3 Å². The van der Waals surface area contributed by atoms with E-state index in [1.807, 2.05) is 18.2 Å². The van der Waals surface area contributed by atoms with Gasteiger partial charge in [-0.3, -0.25) is 9.69 Å². The number of benzene rings is 1. The van der Waals surface area contributed by atoms with Crippen LogP contribution in [0, 0.1) is 5.92 Å². The second-order valence-electron chi connectivity index (χ2n) is 7.35. The van der Waals surface area contributed by atoms with Crippen molar-refractivity contribution in [3.05, 3.63) is 29.8 Å². The van der Waals surface area contributed by atoms with Crippen molar-refractivity contribution >= 4 is 17.7 Å². The van der Waals surface area contributed by atoms with E-state index in [0.717, 1.165) is 44.5 Å². The largest absolute Gasteiger partial charge is 0.493 e. The van der Waals surface area contributed by atoms with E-state index in [1.54, 1.807) is 0 Å². The standard InChI is InChI=1S/C20H28N2O2S/c23-20(17-7-12-24-19-4-2-1-3-16(19)15-17)22-8-5-18(6-9-22)21-10-13-25-14-11-21/h1-4,17-18H,5-15H2/t17-/m0/s1. The molecule has 1 amide bonds. The first-order valence-corrected chi connectivity index (χ1v) is 10.8. The van der Waals surface area contributed by atoms with Gasteiger partial charge in [-0.05, 0) is 37.3 Å². The van der Waals surface area contributed by atoms with Crippen LogP contribution in [0.5, 0.6) is 5.75 Å². The topological polar surface area (TPSA) is 32.8 Å². The Bertz CT molecular complexity index is 595. The normalized spacial score (nSPS) is 25.8. The second-order valence-corrected chi connectivity index (χ2v) is 8.58.